The molecule has 0 bridgehead atoms. The summed E-state index contributed by atoms with van der Waals surface area (Å²) in [4.78, 5) is 45.7. The maximum Gasteiger partial charge on any atom is 0.308 e. The SMILES string of the molecule is CC(=O)CCCC(C)(C)C(=O)CCC(C)=CCCC1(C)CCC(C(C)C(=O)O)OO1. The minimum Gasteiger partial charge on any atom is -0.481 e. The maximum atomic E-state index is 12.6. The first-order valence-corrected chi connectivity index (χ1v) is 11.1. The van der Waals surface area contributed by atoms with Gasteiger partial charge in [-0.25, -0.2) is 9.78 Å². The van der Waals surface area contributed by atoms with Gasteiger partial charge in [-0.2, -0.15) is 0 Å². The van der Waals surface area contributed by atoms with Crippen LogP contribution in [0.15, 0.2) is 11.6 Å². The first-order chi connectivity index (χ1) is 13.9. The lowest BCUT2D eigenvalue weighted by Crippen LogP contribution is -2.41. The monoisotopic (exact) mass is 424 g/mol. The Morgan fingerprint density at radius 1 is 1.20 bits per heavy atom. The molecule has 172 valence electrons. The van der Waals surface area contributed by atoms with Crippen LogP contribution in [0.3, 0.4) is 0 Å². The van der Waals surface area contributed by atoms with Gasteiger partial charge in [-0.05, 0) is 72.6 Å². The lowest BCUT2D eigenvalue weighted by molar-refractivity contribution is -0.411. The minimum atomic E-state index is -0.873. The van der Waals surface area contributed by atoms with E-state index in [2.05, 4.69) is 6.08 Å². The van der Waals surface area contributed by atoms with Gasteiger partial charge in [0.15, 0.2) is 0 Å². The number of hydrogen-bond donors (Lipinski definition) is 1. The maximum absolute atomic E-state index is 12.6. The number of allylic oxidation sites excluding steroid dienone is 2. The smallest absolute Gasteiger partial charge is 0.308 e. The van der Waals surface area contributed by atoms with Crippen LogP contribution < -0.4 is 0 Å². The van der Waals surface area contributed by atoms with E-state index in [0.717, 1.165) is 38.5 Å². The Balaban J connectivity index is 2.37. The molecule has 1 N–H and O–H groups in total. The van der Waals surface area contributed by atoms with Gasteiger partial charge in [-0.15, -0.1) is 0 Å². The third-order valence-electron chi connectivity index (χ3n) is 6.28. The Kier molecular flexibility index (Phi) is 10.4. The fraction of sp³-hybridized carbons (Fsp3) is 0.792. The molecule has 0 aliphatic carbocycles. The van der Waals surface area contributed by atoms with E-state index in [4.69, 9.17) is 14.9 Å². The Bertz CT molecular complexity index is 626. The number of ketones is 2. The van der Waals surface area contributed by atoms with Gasteiger partial charge >= 0.3 is 5.97 Å². The van der Waals surface area contributed by atoms with Crippen molar-refractivity contribution >= 4 is 17.5 Å². The molecular formula is C24H40O6. The van der Waals surface area contributed by atoms with E-state index in [1.807, 2.05) is 27.7 Å². The summed E-state index contributed by atoms with van der Waals surface area (Å²) >= 11 is 0. The molecule has 0 aromatic heterocycles. The van der Waals surface area contributed by atoms with E-state index < -0.39 is 23.6 Å². The zero-order chi connectivity index (χ0) is 22.9. The van der Waals surface area contributed by atoms with Crippen LogP contribution in [0.1, 0.15) is 99.3 Å². The molecule has 1 aliphatic rings. The van der Waals surface area contributed by atoms with Gasteiger partial charge in [-0.1, -0.05) is 25.5 Å². The second-order valence-electron chi connectivity index (χ2n) is 9.79. The Morgan fingerprint density at radius 2 is 1.87 bits per heavy atom. The predicted molar refractivity (Wildman–Crippen MR) is 116 cm³/mol. The first-order valence-electron chi connectivity index (χ1n) is 11.1. The summed E-state index contributed by atoms with van der Waals surface area (Å²) in [5.74, 6) is -1.04. The van der Waals surface area contributed by atoms with Gasteiger partial charge in [0.1, 0.15) is 23.3 Å². The normalized spacial score (nSPS) is 23.8. The Labute approximate surface area is 181 Å². The van der Waals surface area contributed by atoms with Crippen LogP contribution in [0.4, 0.5) is 0 Å². The molecule has 6 heteroatoms. The topological polar surface area (TPSA) is 89.9 Å². The molecule has 1 fully saturated rings. The lowest BCUT2D eigenvalue weighted by Gasteiger charge is -2.37. The van der Waals surface area contributed by atoms with Crippen LogP contribution in [-0.4, -0.2) is 34.3 Å². The summed E-state index contributed by atoms with van der Waals surface area (Å²) in [7, 11) is 0. The van der Waals surface area contributed by atoms with Crippen molar-refractivity contribution < 1.29 is 29.3 Å². The van der Waals surface area contributed by atoms with Gasteiger partial charge < -0.3 is 9.90 Å². The average molecular weight is 425 g/mol. The van der Waals surface area contributed by atoms with Crippen molar-refractivity contribution in [2.45, 2.75) is 111 Å². The summed E-state index contributed by atoms with van der Waals surface area (Å²) in [5, 5.41) is 9.09. The van der Waals surface area contributed by atoms with Crippen LogP contribution >= 0.6 is 0 Å². The highest BCUT2D eigenvalue weighted by Gasteiger charge is 2.37. The largest absolute Gasteiger partial charge is 0.481 e. The van der Waals surface area contributed by atoms with Gasteiger partial charge in [0.05, 0.1) is 5.92 Å². The van der Waals surface area contributed by atoms with Crippen LogP contribution in [0.5, 0.6) is 0 Å². The average Bonchev–Trinajstić information content (AvgIpc) is 2.65. The van der Waals surface area contributed by atoms with Crippen molar-refractivity contribution in [2.24, 2.45) is 11.3 Å². The number of carboxylic acid groups (broad SMARTS) is 1. The van der Waals surface area contributed by atoms with Crippen molar-refractivity contribution in [3.63, 3.8) is 0 Å². The molecule has 0 radical (unpaired) electrons. The van der Waals surface area contributed by atoms with E-state index in [-0.39, 0.29) is 17.0 Å². The molecule has 0 spiro atoms. The van der Waals surface area contributed by atoms with E-state index >= 15 is 0 Å². The van der Waals surface area contributed by atoms with Crippen LogP contribution in [0.2, 0.25) is 0 Å². The number of aliphatic carboxylic acids is 1. The predicted octanol–water partition coefficient (Wildman–Crippen LogP) is 5.44. The third-order valence-corrected chi connectivity index (χ3v) is 6.28. The highest BCUT2D eigenvalue weighted by atomic mass is 17.2. The van der Waals surface area contributed by atoms with E-state index in [1.165, 1.54) is 5.57 Å². The number of rotatable bonds is 13. The summed E-state index contributed by atoms with van der Waals surface area (Å²) in [6.45, 7) is 11.2. The van der Waals surface area contributed by atoms with E-state index in [9.17, 15) is 14.4 Å². The molecule has 1 aliphatic heterocycles. The number of carbonyl (C=O) groups is 3. The van der Waals surface area contributed by atoms with Gasteiger partial charge in [0, 0.05) is 18.3 Å². The molecule has 3 atom stereocenters. The first kappa shape index (κ1) is 26.5. The highest BCUT2D eigenvalue weighted by Crippen LogP contribution is 2.33. The Hall–Kier alpha value is -1.53. The quantitative estimate of drug-likeness (QED) is 0.313. The van der Waals surface area contributed by atoms with Crippen molar-refractivity contribution in [3.8, 4) is 0 Å². The second kappa shape index (κ2) is 11.8. The molecule has 0 aromatic rings. The fourth-order valence-corrected chi connectivity index (χ4v) is 3.67. The molecule has 0 amide bonds. The van der Waals surface area contributed by atoms with Gasteiger partial charge in [0.2, 0.25) is 0 Å². The molecular weight excluding hydrogens is 384 g/mol. The summed E-state index contributed by atoms with van der Waals surface area (Å²) in [6, 6.07) is 0. The number of hydrogen-bond acceptors (Lipinski definition) is 5. The van der Waals surface area contributed by atoms with Crippen LogP contribution in [-0.2, 0) is 24.2 Å². The number of carboxylic acids is 1. The molecule has 1 saturated heterocycles. The molecule has 6 nitrogen and oxygen atoms in total. The van der Waals surface area contributed by atoms with Crippen LogP contribution in [0, 0.1) is 11.3 Å². The van der Waals surface area contributed by atoms with E-state index in [0.29, 0.717) is 19.3 Å². The number of Topliss-reactive ketones (excluding diaryl/α,β-unsaturated/α-hetero) is 2. The summed E-state index contributed by atoms with van der Waals surface area (Å²) in [5.41, 5.74) is 0.376. The van der Waals surface area contributed by atoms with Gasteiger partial charge in [0.25, 0.3) is 0 Å². The molecule has 30 heavy (non-hydrogen) atoms. The Morgan fingerprint density at radius 3 is 2.40 bits per heavy atom. The summed E-state index contributed by atoms with van der Waals surface area (Å²) in [6.07, 6.45) is 8.06. The molecule has 0 aromatic carbocycles. The highest BCUT2D eigenvalue weighted by molar-refractivity contribution is 5.84. The van der Waals surface area contributed by atoms with Crippen LogP contribution in [0.25, 0.3) is 0 Å². The minimum absolute atomic E-state index is 0.171. The zero-order valence-electron chi connectivity index (χ0n) is 19.6. The molecule has 3 unspecified atom stereocenters. The zero-order valence-corrected chi connectivity index (χ0v) is 19.6. The van der Waals surface area contributed by atoms with Crippen molar-refractivity contribution in [1.29, 1.82) is 0 Å². The van der Waals surface area contributed by atoms with Crippen molar-refractivity contribution in [1.82, 2.24) is 0 Å². The molecule has 0 saturated carbocycles. The van der Waals surface area contributed by atoms with Gasteiger partial charge in [-0.3, -0.25) is 9.59 Å². The third kappa shape index (κ3) is 9.09. The lowest BCUT2D eigenvalue weighted by atomic mass is 9.80. The summed E-state index contributed by atoms with van der Waals surface area (Å²) < 4.78 is 0. The second-order valence-corrected chi connectivity index (χ2v) is 9.79. The molecule has 1 rings (SSSR count). The van der Waals surface area contributed by atoms with E-state index in [1.54, 1.807) is 13.8 Å². The standard InChI is InChI=1S/C24H40O6/c1-17(11-12-21(26)23(4,5)14-8-10-18(2)25)9-7-15-24(6)16-13-20(29-30-24)19(3)22(27)28/h9,19-20H,7-8,10-16H2,1-6H3,(H,27,28). The van der Waals surface area contributed by atoms with Crippen molar-refractivity contribution in [3.05, 3.63) is 11.6 Å². The molecule has 1 heterocycles. The van der Waals surface area contributed by atoms with Crippen molar-refractivity contribution in [2.75, 3.05) is 0 Å². The number of carbonyl (C=O) groups excluding carboxylic acids is 2. The fourth-order valence-electron chi connectivity index (χ4n) is 3.67.